The number of alkyl halides is 4. The Morgan fingerprint density at radius 3 is 1.56 bits per heavy atom. The van der Waals surface area contributed by atoms with Crippen molar-refractivity contribution in [2.75, 3.05) is 0 Å². The molecule has 0 aliphatic carbocycles. The highest BCUT2D eigenvalue weighted by Gasteiger charge is 2.34. The van der Waals surface area contributed by atoms with E-state index in [1.54, 1.807) is 36.4 Å². The molecule has 0 atom stereocenters. The Hall–Kier alpha value is 0.520. The highest BCUT2D eigenvalue weighted by Crippen LogP contribution is 2.32. The van der Waals surface area contributed by atoms with Crippen molar-refractivity contribution in [3.05, 3.63) is 0 Å². The summed E-state index contributed by atoms with van der Waals surface area (Å²) < 4.78 is 34.0. The van der Waals surface area contributed by atoms with E-state index < -0.39 is 16.0 Å². The van der Waals surface area contributed by atoms with Gasteiger partial charge >= 0.3 is 6.18 Å². The van der Waals surface area contributed by atoms with Gasteiger partial charge in [-0.2, -0.15) is 13.2 Å². The number of halogens is 4. The smallest absolute Gasteiger partial charge is 0.171 e. The van der Waals surface area contributed by atoms with Gasteiger partial charge in [-0.3, -0.25) is 0 Å². The van der Waals surface area contributed by atoms with Gasteiger partial charge in [-0.15, -0.1) is 0 Å². The van der Waals surface area contributed by atoms with Crippen LogP contribution in [0.1, 0.15) is 20.3 Å². The summed E-state index contributed by atoms with van der Waals surface area (Å²) in [5, 5.41) is 0. The molecular formula is C5H8F3I. The van der Waals surface area contributed by atoms with E-state index in [9.17, 15) is 13.2 Å². The number of hydrogen-bond donors (Lipinski definition) is 0. The molecule has 0 spiro atoms. The maximum absolute atomic E-state index is 11.5. The van der Waals surface area contributed by atoms with Gasteiger partial charge in [0.25, 0.3) is 0 Å². The molecule has 0 rings (SSSR count). The molecule has 0 bridgehead atoms. The molecule has 4 heteroatoms. The quantitative estimate of drug-likeness (QED) is 0.496. The van der Waals surface area contributed by atoms with Gasteiger partial charge in [-0.25, -0.2) is 0 Å². The summed E-state index contributed by atoms with van der Waals surface area (Å²) in [6.07, 6.45) is -4.74. The van der Waals surface area contributed by atoms with E-state index >= 15 is 0 Å². The molecule has 0 N–H and O–H groups in total. The van der Waals surface area contributed by atoms with Crippen molar-refractivity contribution in [1.29, 1.82) is 0 Å². The topological polar surface area (TPSA) is 0 Å². The first-order chi connectivity index (χ1) is 3.71. The van der Waals surface area contributed by atoms with Crippen molar-refractivity contribution in [3.8, 4) is 0 Å². The monoisotopic (exact) mass is 252 g/mol. The maximum Gasteiger partial charge on any atom is 0.390 e. The minimum Gasteiger partial charge on any atom is -0.171 e. The van der Waals surface area contributed by atoms with Crippen LogP contribution in [-0.4, -0.2) is 9.60 Å². The van der Waals surface area contributed by atoms with Gasteiger partial charge < -0.3 is 0 Å². The molecule has 0 aromatic heterocycles. The van der Waals surface area contributed by atoms with Crippen molar-refractivity contribution in [1.82, 2.24) is 0 Å². The van der Waals surface area contributed by atoms with E-state index in [1.807, 2.05) is 0 Å². The van der Waals surface area contributed by atoms with Crippen LogP contribution in [0.15, 0.2) is 0 Å². The van der Waals surface area contributed by atoms with Crippen LogP contribution in [0.3, 0.4) is 0 Å². The van der Waals surface area contributed by atoms with Crippen LogP contribution in [0.25, 0.3) is 0 Å². The van der Waals surface area contributed by atoms with Crippen LogP contribution in [0, 0.1) is 0 Å². The Balaban J connectivity index is 3.75. The fourth-order valence-electron chi connectivity index (χ4n) is 0.477. The lowest BCUT2D eigenvalue weighted by Gasteiger charge is -2.17. The fraction of sp³-hybridized carbons (Fsp3) is 1.00. The summed E-state index contributed by atoms with van der Waals surface area (Å²) in [7, 11) is 0. The first-order valence-electron chi connectivity index (χ1n) is 2.46. The van der Waals surface area contributed by atoms with E-state index in [-0.39, 0.29) is 0 Å². The Bertz CT molecular complexity index is 77.4. The highest BCUT2D eigenvalue weighted by molar-refractivity contribution is 14.1. The average Bonchev–Trinajstić information content (AvgIpc) is 1.14. The second kappa shape index (κ2) is 2.64. The first kappa shape index (κ1) is 9.52. The average molecular weight is 252 g/mol. The predicted octanol–water partition coefficient (Wildman–Crippen LogP) is 3.15. The summed E-state index contributed by atoms with van der Waals surface area (Å²) in [5.41, 5.74) is 0. The van der Waals surface area contributed by atoms with Crippen LogP contribution in [0.4, 0.5) is 13.2 Å². The van der Waals surface area contributed by atoms with Crippen molar-refractivity contribution < 1.29 is 13.2 Å². The molecule has 0 aliphatic rings. The zero-order valence-electron chi connectivity index (χ0n) is 5.22. The van der Waals surface area contributed by atoms with E-state index in [0.29, 0.717) is 0 Å². The summed E-state index contributed by atoms with van der Waals surface area (Å²) >= 11 is 1.78. The normalized spacial score (nSPS) is 14.0. The lowest BCUT2D eigenvalue weighted by molar-refractivity contribution is -0.137. The lowest BCUT2D eigenvalue weighted by Crippen LogP contribution is -2.21. The Kier molecular flexibility index (Phi) is 2.79. The van der Waals surface area contributed by atoms with Crippen LogP contribution in [0.5, 0.6) is 0 Å². The number of hydrogen-bond acceptors (Lipinski definition) is 0. The van der Waals surface area contributed by atoms with Crippen LogP contribution < -0.4 is 0 Å². The van der Waals surface area contributed by atoms with Gasteiger partial charge in [-0.1, -0.05) is 36.4 Å². The largest absolute Gasteiger partial charge is 0.390 e. The first-order valence-corrected chi connectivity index (χ1v) is 3.54. The Morgan fingerprint density at radius 1 is 1.22 bits per heavy atom. The van der Waals surface area contributed by atoms with Gasteiger partial charge in [0, 0.05) is 3.42 Å². The molecule has 0 unspecified atom stereocenters. The summed E-state index contributed by atoms with van der Waals surface area (Å²) in [6, 6.07) is 0. The van der Waals surface area contributed by atoms with Gasteiger partial charge in [0.15, 0.2) is 0 Å². The summed E-state index contributed by atoms with van der Waals surface area (Å²) in [6.45, 7) is 3.11. The third-order valence-corrected chi connectivity index (χ3v) is 1.00. The van der Waals surface area contributed by atoms with Gasteiger partial charge in [0.1, 0.15) is 0 Å². The second-order valence-electron chi connectivity index (χ2n) is 2.51. The lowest BCUT2D eigenvalue weighted by atomic mass is 10.1. The zero-order chi connectivity index (χ0) is 7.71. The highest BCUT2D eigenvalue weighted by atomic mass is 127. The predicted molar refractivity (Wildman–Crippen MR) is 38.8 cm³/mol. The molecule has 0 radical (unpaired) electrons. The molecule has 0 fully saturated rings. The molecule has 0 saturated heterocycles. The summed E-state index contributed by atoms with van der Waals surface area (Å²) in [5.74, 6) is 0. The van der Waals surface area contributed by atoms with Gasteiger partial charge in [-0.05, 0) is 0 Å². The van der Waals surface area contributed by atoms with E-state index in [2.05, 4.69) is 0 Å². The third kappa shape index (κ3) is 8.52. The van der Waals surface area contributed by atoms with Gasteiger partial charge in [0.05, 0.1) is 6.42 Å². The molecular weight excluding hydrogens is 244 g/mol. The van der Waals surface area contributed by atoms with Crippen molar-refractivity contribution in [3.63, 3.8) is 0 Å². The zero-order valence-corrected chi connectivity index (χ0v) is 7.38. The molecule has 0 nitrogen and oxygen atoms in total. The van der Waals surface area contributed by atoms with Crippen LogP contribution in [-0.2, 0) is 0 Å². The maximum atomic E-state index is 11.5. The van der Waals surface area contributed by atoms with Crippen LogP contribution in [0.2, 0.25) is 0 Å². The minimum absolute atomic E-state index is 0.671. The molecule has 0 aromatic rings. The van der Waals surface area contributed by atoms with E-state index in [0.717, 1.165) is 0 Å². The van der Waals surface area contributed by atoms with E-state index in [1.165, 1.54) is 0 Å². The SMILES string of the molecule is CC(C)(I)CC(F)(F)F. The molecule has 56 valence electrons. The molecule has 0 amide bonds. The van der Waals surface area contributed by atoms with Crippen molar-refractivity contribution in [2.45, 2.75) is 29.9 Å². The van der Waals surface area contributed by atoms with Crippen molar-refractivity contribution >= 4 is 22.6 Å². The Morgan fingerprint density at radius 2 is 1.56 bits per heavy atom. The molecule has 0 heterocycles. The Labute approximate surface area is 66.0 Å². The molecule has 0 aliphatic heterocycles. The second-order valence-corrected chi connectivity index (χ2v) is 5.43. The number of rotatable bonds is 1. The van der Waals surface area contributed by atoms with Crippen molar-refractivity contribution in [2.24, 2.45) is 0 Å². The molecule has 0 aromatic carbocycles. The van der Waals surface area contributed by atoms with E-state index in [4.69, 9.17) is 0 Å². The summed E-state index contributed by atoms with van der Waals surface area (Å²) in [4.78, 5) is 0. The van der Waals surface area contributed by atoms with Gasteiger partial charge in [0.2, 0.25) is 0 Å². The minimum atomic E-state index is -4.02. The molecule has 9 heavy (non-hydrogen) atoms. The molecule has 0 saturated carbocycles. The third-order valence-electron chi connectivity index (χ3n) is 0.621. The fourth-order valence-corrected chi connectivity index (χ4v) is 0.909. The van der Waals surface area contributed by atoms with Crippen LogP contribution >= 0.6 is 22.6 Å². The standard InChI is InChI=1S/C5H8F3I/c1-4(2,9)3-5(6,7)8/h3H2,1-2H3.